The highest BCUT2D eigenvalue weighted by atomic mass is 32.1. The fraction of sp³-hybridized carbons (Fsp3) is 0.600. The summed E-state index contributed by atoms with van der Waals surface area (Å²) in [6.07, 6.45) is 13.8. The summed E-state index contributed by atoms with van der Waals surface area (Å²) in [6.45, 7) is 2.81. The maximum absolute atomic E-state index is 6.30. The highest BCUT2D eigenvalue weighted by Crippen LogP contribution is 2.49. The van der Waals surface area contributed by atoms with E-state index in [-0.39, 0.29) is 11.0 Å². The Hall–Kier alpha value is -1.30. The highest BCUT2D eigenvalue weighted by molar-refractivity contribution is 7.09. The molecule has 1 saturated heterocycles. The molecule has 3 heterocycles. The van der Waals surface area contributed by atoms with E-state index in [0.717, 1.165) is 44.7 Å². The van der Waals surface area contributed by atoms with Crippen LogP contribution >= 0.6 is 11.3 Å². The monoisotopic (exact) mass is 357 g/mol. The molecule has 2 aromatic heterocycles. The van der Waals surface area contributed by atoms with Crippen LogP contribution in [0.2, 0.25) is 0 Å². The Bertz CT molecular complexity index is 655. The summed E-state index contributed by atoms with van der Waals surface area (Å²) in [4.78, 5) is 10.5. The molecule has 0 amide bonds. The standard InChI is InChI=1S/C20H27N3OS/c1-2-6-20(5-1)16-19(8-12-24-20,18-15-22-10-11-23-18)7-9-21-14-17-4-3-13-25-17/h3-4,10-11,13,15,21H,1-2,5-9,12,14,16H2. The minimum absolute atomic E-state index is 0.0868. The molecule has 1 unspecified atom stereocenters. The SMILES string of the molecule is c1csc(CNCCC2(c3cnccn3)CCOC3(CCCC3)C2)c1. The van der Waals surface area contributed by atoms with Gasteiger partial charge >= 0.3 is 0 Å². The Morgan fingerprint density at radius 1 is 1.20 bits per heavy atom. The van der Waals surface area contributed by atoms with Crippen molar-refractivity contribution < 1.29 is 4.74 Å². The third kappa shape index (κ3) is 3.78. The molecule has 25 heavy (non-hydrogen) atoms. The average Bonchev–Trinajstić information content (AvgIpc) is 3.32. The number of thiophene rings is 1. The van der Waals surface area contributed by atoms with Gasteiger partial charge in [-0.1, -0.05) is 18.9 Å². The third-order valence-corrected chi connectivity index (χ3v) is 6.81. The molecule has 4 nitrogen and oxygen atoms in total. The van der Waals surface area contributed by atoms with Crippen molar-refractivity contribution in [1.29, 1.82) is 0 Å². The number of hydrogen-bond acceptors (Lipinski definition) is 5. The van der Waals surface area contributed by atoms with Gasteiger partial charge in [0.05, 0.1) is 11.3 Å². The Morgan fingerprint density at radius 3 is 2.88 bits per heavy atom. The van der Waals surface area contributed by atoms with Crippen LogP contribution in [0.4, 0.5) is 0 Å². The van der Waals surface area contributed by atoms with Gasteiger partial charge in [0.25, 0.3) is 0 Å². The molecule has 0 radical (unpaired) electrons. The van der Waals surface area contributed by atoms with E-state index in [2.05, 4.69) is 27.8 Å². The maximum Gasteiger partial charge on any atom is 0.0691 e. The molecule has 0 bridgehead atoms. The summed E-state index contributed by atoms with van der Waals surface area (Å²) in [5, 5.41) is 5.77. The van der Waals surface area contributed by atoms with Gasteiger partial charge in [-0.3, -0.25) is 9.97 Å². The first-order valence-electron chi connectivity index (χ1n) is 9.44. The molecule has 0 aromatic carbocycles. The smallest absolute Gasteiger partial charge is 0.0691 e. The van der Waals surface area contributed by atoms with Gasteiger partial charge in [-0.2, -0.15) is 0 Å². The summed E-state index contributed by atoms with van der Waals surface area (Å²) >= 11 is 1.81. The third-order valence-electron chi connectivity index (χ3n) is 5.93. The van der Waals surface area contributed by atoms with Crippen LogP contribution in [0.3, 0.4) is 0 Å². The molecule has 1 N–H and O–H groups in total. The van der Waals surface area contributed by atoms with Crippen molar-refractivity contribution >= 4 is 11.3 Å². The zero-order valence-corrected chi connectivity index (χ0v) is 15.6. The van der Waals surface area contributed by atoms with E-state index < -0.39 is 0 Å². The van der Waals surface area contributed by atoms with Crippen molar-refractivity contribution in [3.63, 3.8) is 0 Å². The summed E-state index contributed by atoms with van der Waals surface area (Å²) in [5.74, 6) is 0. The number of nitrogens with one attached hydrogen (secondary N) is 1. The van der Waals surface area contributed by atoms with Gasteiger partial charge < -0.3 is 10.1 Å². The van der Waals surface area contributed by atoms with E-state index in [9.17, 15) is 0 Å². The fourth-order valence-corrected chi connectivity index (χ4v) is 5.32. The van der Waals surface area contributed by atoms with Crippen molar-refractivity contribution in [2.24, 2.45) is 0 Å². The van der Waals surface area contributed by atoms with Gasteiger partial charge in [-0.05, 0) is 50.1 Å². The summed E-state index contributed by atoms with van der Waals surface area (Å²) in [6, 6.07) is 4.31. The molecule has 4 rings (SSSR count). The van der Waals surface area contributed by atoms with Crippen LogP contribution in [0.25, 0.3) is 0 Å². The minimum Gasteiger partial charge on any atom is -0.375 e. The lowest BCUT2D eigenvalue weighted by Gasteiger charge is -2.46. The van der Waals surface area contributed by atoms with Gasteiger partial charge in [0.1, 0.15) is 0 Å². The predicted octanol–water partition coefficient (Wildman–Crippen LogP) is 4.08. The maximum atomic E-state index is 6.30. The first kappa shape index (κ1) is 17.1. The quantitative estimate of drug-likeness (QED) is 0.792. The number of ether oxygens (including phenoxy) is 1. The minimum atomic E-state index is 0.0868. The van der Waals surface area contributed by atoms with Crippen molar-refractivity contribution in [2.75, 3.05) is 13.2 Å². The topological polar surface area (TPSA) is 47.0 Å². The molecule has 1 spiro atoms. The molecule has 1 aliphatic heterocycles. The Kier molecular flexibility index (Phi) is 5.15. The molecule has 1 saturated carbocycles. The van der Waals surface area contributed by atoms with Crippen molar-refractivity contribution in [3.8, 4) is 0 Å². The lowest BCUT2D eigenvalue weighted by atomic mass is 9.68. The molecule has 2 aliphatic rings. The van der Waals surface area contributed by atoms with Crippen LogP contribution in [-0.2, 0) is 16.7 Å². The first-order chi connectivity index (χ1) is 12.3. The van der Waals surface area contributed by atoms with Crippen LogP contribution in [-0.4, -0.2) is 28.7 Å². The molecule has 5 heteroatoms. The number of nitrogens with zero attached hydrogens (tertiary/aromatic N) is 2. The van der Waals surface area contributed by atoms with E-state index in [0.29, 0.717) is 0 Å². The van der Waals surface area contributed by atoms with Gasteiger partial charge in [-0.25, -0.2) is 0 Å². The predicted molar refractivity (Wildman–Crippen MR) is 101 cm³/mol. The van der Waals surface area contributed by atoms with E-state index in [1.54, 1.807) is 6.20 Å². The van der Waals surface area contributed by atoms with Crippen molar-refractivity contribution in [3.05, 3.63) is 46.7 Å². The second-order valence-corrected chi connectivity index (χ2v) is 8.57. The molecule has 2 aromatic rings. The summed E-state index contributed by atoms with van der Waals surface area (Å²) < 4.78 is 6.30. The van der Waals surface area contributed by atoms with Crippen molar-refractivity contribution in [2.45, 2.75) is 62.5 Å². The zero-order valence-electron chi connectivity index (χ0n) is 14.7. The Labute approximate surface area is 154 Å². The van der Waals surface area contributed by atoms with Crippen molar-refractivity contribution in [1.82, 2.24) is 15.3 Å². The van der Waals surface area contributed by atoms with Crippen LogP contribution in [0.15, 0.2) is 36.1 Å². The zero-order chi connectivity index (χ0) is 17.0. The fourth-order valence-electron chi connectivity index (χ4n) is 4.64. The average molecular weight is 358 g/mol. The van der Waals surface area contributed by atoms with E-state index in [1.165, 1.54) is 30.6 Å². The summed E-state index contributed by atoms with van der Waals surface area (Å²) in [5.41, 5.74) is 1.34. The van der Waals surface area contributed by atoms with Crippen LogP contribution in [0, 0.1) is 0 Å². The number of hydrogen-bond donors (Lipinski definition) is 1. The molecule has 1 aliphatic carbocycles. The molecule has 134 valence electrons. The van der Waals surface area contributed by atoms with Crippen LogP contribution < -0.4 is 5.32 Å². The normalized spacial score (nSPS) is 25.4. The number of aromatic nitrogens is 2. The van der Waals surface area contributed by atoms with E-state index in [4.69, 9.17) is 9.72 Å². The lowest BCUT2D eigenvalue weighted by Crippen LogP contribution is -2.47. The van der Waals surface area contributed by atoms with Crippen LogP contribution in [0.1, 0.15) is 55.5 Å². The van der Waals surface area contributed by atoms with Gasteiger partial charge in [0.15, 0.2) is 0 Å². The lowest BCUT2D eigenvalue weighted by molar-refractivity contribution is -0.104. The van der Waals surface area contributed by atoms with E-state index >= 15 is 0 Å². The highest BCUT2D eigenvalue weighted by Gasteiger charge is 2.48. The summed E-state index contributed by atoms with van der Waals surface area (Å²) in [7, 11) is 0. The second-order valence-electron chi connectivity index (χ2n) is 7.54. The molecule has 2 fully saturated rings. The Morgan fingerprint density at radius 2 is 2.12 bits per heavy atom. The largest absolute Gasteiger partial charge is 0.375 e. The van der Waals surface area contributed by atoms with Gasteiger partial charge in [-0.15, -0.1) is 11.3 Å². The Balaban J connectivity index is 1.48. The van der Waals surface area contributed by atoms with Gasteiger partial charge in [0, 0.05) is 42.0 Å². The number of rotatable bonds is 6. The second kappa shape index (κ2) is 7.52. The first-order valence-corrected chi connectivity index (χ1v) is 10.3. The molecular formula is C20H27N3OS. The molecule has 1 atom stereocenters. The van der Waals surface area contributed by atoms with Crippen LogP contribution in [0.5, 0.6) is 0 Å². The van der Waals surface area contributed by atoms with E-state index in [1.807, 2.05) is 23.7 Å². The molecular weight excluding hydrogens is 330 g/mol. The van der Waals surface area contributed by atoms with Gasteiger partial charge in [0.2, 0.25) is 0 Å².